The Balaban J connectivity index is 0. The molecule has 0 aliphatic carbocycles. The summed E-state index contributed by atoms with van der Waals surface area (Å²) in [5.41, 5.74) is 8.16. The second-order valence-electron chi connectivity index (χ2n) is 6.68. The van der Waals surface area contributed by atoms with Gasteiger partial charge >= 0.3 is 0 Å². The molecule has 0 aliphatic heterocycles. The number of nitrogens with zero attached hydrogens (tertiary/aromatic N) is 2. The van der Waals surface area contributed by atoms with Crippen LogP contribution >= 0.6 is 0 Å². The molecule has 1 atom stereocenters. The number of nitrogens with one attached hydrogen (secondary N) is 1. The van der Waals surface area contributed by atoms with Gasteiger partial charge in [0, 0.05) is 27.7 Å². The molecule has 0 fully saturated rings. The third kappa shape index (κ3) is 10.5. The van der Waals surface area contributed by atoms with E-state index in [1.54, 1.807) is 0 Å². The van der Waals surface area contributed by atoms with Crippen LogP contribution in [-0.4, -0.2) is 68.4 Å². The van der Waals surface area contributed by atoms with Crippen LogP contribution in [0.3, 0.4) is 0 Å². The average Bonchev–Trinajstić information content (AvgIpc) is 3.24. The summed E-state index contributed by atoms with van der Waals surface area (Å²) in [4.78, 5) is 12.2. The van der Waals surface area contributed by atoms with Crippen LogP contribution in [0.15, 0.2) is 36.7 Å². The van der Waals surface area contributed by atoms with Gasteiger partial charge in [0.15, 0.2) is 0 Å². The lowest BCUT2D eigenvalue weighted by Crippen LogP contribution is -2.27. The number of carbonyl (C=O) groups excluding carboxylic acids is 1. The van der Waals surface area contributed by atoms with E-state index in [1.165, 1.54) is 0 Å². The van der Waals surface area contributed by atoms with Crippen LogP contribution in [0.25, 0.3) is 0 Å². The molecule has 3 N–H and O–H groups in total. The van der Waals surface area contributed by atoms with Crippen LogP contribution in [0, 0.1) is 6.92 Å². The Morgan fingerprint density at radius 1 is 1.06 bits per heavy atom. The highest BCUT2D eigenvalue weighted by Crippen LogP contribution is 2.18. The summed E-state index contributed by atoms with van der Waals surface area (Å²) in [7, 11) is 0. The van der Waals surface area contributed by atoms with E-state index in [-0.39, 0.29) is 14.8 Å². The van der Waals surface area contributed by atoms with Crippen LogP contribution in [0.2, 0.25) is 0 Å². The minimum atomic E-state index is -0.115. The van der Waals surface area contributed by atoms with Crippen LogP contribution in [0.4, 0.5) is 0 Å². The number of hydrogen-bond donors (Lipinski definition) is 2. The van der Waals surface area contributed by atoms with E-state index in [0.29, 0.717) is 58.3 Å². The zero-order valence-corrected chi connectivity index (χ0v) is 19.3. The zero-order valence-electron chi connectivity index (χ0n) is 19.3. The standard InChI is InChI=1S/C21H32N4O4.C2H6.2H2/c1-17-15-24-25(16-17)18(2)19-3-5-20(6-4-19)21(26)23-8-10-28-12-14-29-13-11-27-9-7-22;1-2;;/h3-6,15-16,18H,7-14,22H2,1-2H3,(H,23,26);1-2H3;2*1H. The number of benzene rings is 1. The summed E-state index contributed by atoms with van der Waals surface area (Å²) >= 11 is 0. The summed E-state index contributed by atoms with van der Waals surface area (Å²) in [6, 6.07) is 7.70. The maximum absolute atomic E-state index is 12.2. The fraction of sp³-hybridized carbons (Fsp3) is 0.565. The minimum absolute atomic E-state index is 0. The van der Waals surface area contributed by atoms with Crippen molar-refractivity contribution < 1.29 is 21.9 Å². The molecule has 1 aromatic heterocycles. The number of hydrogen-bond acceptors (Lipinski definition) is 6. The van der Waals surface area contributed by atoms with E-state index in [9.17, 15) is 4.79 Å². The van der Waals surface area contributed by atoms with Gasteiger partial charge in [-0.2, -0.15) is 5.10 Å². The zero-order chi connectivity index (χ0) is 22.9. The predicted octanol–water partition coefficient (Wildman–Crippen LogP) is 3.06. The van der Waals surface area contributed by atoms with Gasteiger partial charge in [-0.15, -0.1) is 0 Å². The summed E-state index contributed by atoms with van der Waals surface area (Å²) in [6.07, 6.45) is 3.84. The van der Waals surface area contributed by atoms with Crippen LogP contribution < -0.4 is 11.1 Å². The quantitative estimate of drug-likeness (QED) is 0.440. The lowest BCUT2D eigenvalue weighted by Gasteiger charge is -2.13. The highest BCUT2D eigenvalue weighted by Gasteiger charge is 2.10. The van der Waals surface area contributed by atoms with Crippen molar-refractivity contribution in [1.82, 2.24) is 15.1 Å². The first-order chi connectivity index (χ1) is 15.1. The summed E-state index contributed by atoms with van der Waals surface area (Å²) in [6.45, 7) is 12.1. The van der Waals surface area contributed by atoms with Crippen molar-refractivity contribution >= 4 is 5.91 Å². The first-order valence-electron chi connectivity index (χ1n) is 10.9. The summed E-state index contributed by atoms with van der Waals surface area (Å²) in [5, 5.41) is 7.20. The summed E-state index contributed by atoms with van der Waals surface area (Å²) < 4.78 is 17.9. The molecule has 2 aromatic rings. The molecular weight excluding hydrogens is 396 g/mol. The molecule has 0 radical (unpaired) electrons. The Bertz CT molecular complexity index is 730. The molecule has 0 saturated carbocycles. The van der Waals surface area contributed by atoms with Gasteiger partial charge in [0.2, 0.25) is 0 Å². The van der Waals surface area contributed by atoms with E-state index in [1.807, 2.05) is 62.1 Å². The van der Waals surface area contributed by atoms with Gasteiger partial charge in [0.25, 0.3) is 5.91 Å². The second kappa shape index (κ2) is 16.4. The van der Waals surface area contributed by atoms with Gasteiger partial charge in [-0.1, -0.05) is 26.0 Å². The summed E-state index contributed by atoms with van der Waals surface area (Å²) in [5.74, 6) is -0.115. The molecule has 2 rings (SSSR count). The van der Waals surface area contributed by atoms with Crippen molar-refractivity contribution in [2.45, 2.75) is 33.7 Å². The van der Waals surface area contributed by atoms with Crippen molar-refractivity contribution in [1.29, 1.82) is 0 Å². The number of aryl methyl sites for hydroxylation is 1. The Morgan fingerprint density at radius 2 is 1.65 bits per heavy atom. The Morgan fingerprint density at radius 3 is 2.19 bits per heavy atom. The van der Waals surface area contributed by atoms with Gasteiger partial charge in [-0.05, 0) is 37.1 Å². The molecule has 1 unspecified atom stereocenters. The number of ether oxygens (including phenoxy) is 3. The van der Waals surface area contributed by atoms with Gasteiger partial charge in [0.1, 0.15) is 0 Å². The van der Waals surface area contributed by atoms with Gasteiger partial charge in [-0.3, -0.25) is 9.48 Å². The number of aromatic nitrogens is 2. The fourth-order valence-corrected chi connectivity index (χ4v) is 2.67. The molecule has 0 bridgehead atoms. The van der Waals surface area contributed by atoms with Crippen LogP contribution in [0.5, 0.6) is 0 Å². The topological polar surface area (TPSA) is 101 Å². The molecule has 0 saturated heterocycles. The molecule has 0 aliphatic rings. The molecule has 1 aromatic carbocycles. The SMILES string of the molecule is CC.Cc1cnn(C(C)c2ccc(C(=O)NCCOCCOCCOCCN)cc2)c1.[HH].[HH]. The van der Waals surface area contributed by atoms with E-state index < -0.39 is 0 Å². The molecule has 1 heterocycles. The molecule has 0 spiro atoms. The molecular formula is C23H42N4O4. The second-order valence-corrected chi connectivity index (χ2v) is 6.68. The highest BCUT2D eigenvalue weighted by atomic mass is 16.5. The maximum Gasteiger partial charge on any atom is 0.251 e. The smallest absolute Gasteiger partial charge is 0.251 e. The first kappa shape index (κ1) is 26.8. The third-order valence-electron chi connectivity index (χ3n) is 4.32. The van der Waals surface area contributed by atoms with Crippen LogP contribution in [0.1, 0.15) is 51.2 Å². The third-order valence-corrected chi connectivity index (χ3v) is 4.32. The average molecular weight is 439 g/mol. The van der Waals surface area contributed by atoms with E-state index >= 15 is 0 Å². The Kier molecular flexibility index (Phi) is 14.2. The van der Waals surface area contributed by atoms with Crippen LogP contribution in [-0.2, 0) is 14.2 Å². The fourth-order valence-electron chi connectivity index (χ4n) is 2.67. The minimum Gasteiger partial charge on any atom is -0.378 e. The molecule has 1 amide bonds. The normalized spacial score (nSPS) is 11.5. The number of nitrogens with two attached hydrogens (primary N) is 1. The largest absolute Gasteiger partial charge is 0.378 e. The van der Waals surface area contributed by atoms with Crippen molar-refractivity contribution in [2.75, 3.05) is 52.7 Å². The lowest BCUT2D eigenvalue weighted by molar-refractivity contribution is 0.0166. The molecule has 8 heteroatoms. The lowest BCUT2D eigenvalue weighted by atomic mass is 10.1. The van der Waals surface area contributed by atoms with E-state index in [2.05, 4.69) is 17.3 Å². The maximum atomic E-state index is 12.2. The number of amides is 1. The molecule has 178 valence electrons. The van der Waals surface area contributed by atoms with Crippen molar-refractivity contribution in [3.8, 4) is 0 Å². The van der Waals surface area contributed by atoms with Crippen molar-refractivity contribution in [2.24, 2.45) is 5.73 Å². The van der Waals surface area contributed by atoms with Crippen molar-refractivity contribution in [3.05, 3.63) is 53.3 Å². The Labute approximate surface area is 189 Å². The monoisotopic (exact) mass is 438 g/mol. The van der Waals surface area contributed by atoms with Gasteiger partial charge in [0.05, 0.1) is 51.9 Å². The Hall–Kier alpha value is -2.26. The van der Waals surface area contributed by atoms with Crippen molar-refractivity contribution in [3.63, 3.8) is 0 Å². The highest BCUT2D eigenvalue weighted by molar-refractivity contribution is 5.94. The number of rotatable bonds is 14. The molecule has 8 nitrogen and oxygen atoms in total. The molecule has 31 heavy (non-hydrogen) atoms. The number of carbonyl (C=O) groups is 1. The van der Waals surface area contributed by atoms with Gasteiger partial charge < -0.3 is 25.3 Å². The van der Waals surface area contributed by atoms with E-state index in [0.717, 1.165) is 11.1 Å². The van der Waals surface area contributed by atoms with Gasteiger partial charge in [-0.25, -0.2) is 0 Å². The van der Waals surface area contributed by atoms with E-state index in [4.69, 9.17) is 19.9 Å². The first-order valence-corrected chi connectivity index (χ1v) is 10.9. The predicted molar refractivity (Wildman–Crippen MR) is 127 cm³/mol.